The lowest BCUT2D eigenvalue weighted by molar-refractivity contribution is -0.386. The highest BCUT2D eigenvalue weighted by molar-refractivity contribution is 9.10. The van der Waals surface area contributed by atoms with Crippen molar-refractivity contribution in [2.24, 2.45) is 7.05 Å². The van der Waals surface area contributed by atoms with E-state index in [1.54, 1.807) is 7.05 Å². The van der Waals surface area contributed by atoms with Gasteiger partial charge >= 0.3 is 5.69 Å². The molecule has 0 saturated heterocycles. The number of pyridine rings is 1. The Morgan fingerprint density at radius 3 is 2.67 bits per heavy atom. The van der Waals surface area contributed by atoms with Gasteiger partial charge in [-0.3, -0.25) is 14.9 Å². The van der Waals surface area contributed by atoms with E-state index in [1.165, 1.54) is 17.0 Å². The van der Waals surface area contributed by atoms with Crippen molar-refractivity contribution in [1.29, 1.82) is 0 Å². The predicted octanol–water partition coefficient (Wildman–Crippen LogP) is 1.06. The molecule has 0 atom stereocenters. The van der Waals surface area contributed by atoms with Gasteiger partial charge in [0.25, 0.3) is 5.43 Å². The molecule has 1 heterocycles. The van der Waals surface area contributed by atoms with Crippen LogP contribution in [-0.4, -0.2) is 9.49 Å². The average Bonchev–Trinajstić information content (AvgIpc) is 1.96. The summed E-state index contributed by atoms with van der Waals surface area (Å²) in [6.45, 7) is 0. The Balaban J connectivity index is 3.49. The maximum atomic E-state index is 11.1. The maximum Gasteiger partial charge on any atom is 0.333 e. The molecule has 12 heavy (non-hydrogen) atoms. The van der Waals surface area contributed by atoms with Gasteiger partial charge in [0.05, 0.1) is 15.6 Å². The van der Waals surface area contributed by atoms with Gasteiger partial charge in [0.1, 0.15) is 0 Å². The topological polar surface area (TPSA) is 65.1 Å². The van der Waals surface area contributed by atoms with Crippen molar-refractivity contribution in [3.05, 3.63) is 37.2 Å². The molecule has 0 spiro atoms. The molecule has 5 nitrogen and oxygen atoms in total. The minimum Gasteiger partial charge on any atom is -0.350 e. The van der Waals surface area contributed by atoms with Crippen molar-refractivity contribution in [3.63, 3.8) is 0 Å². The smallest absolute Gasteiger partial charge is 0.333 e. The van der Waals surface area contributed by atoms with Crippen LogP contribution in [-0.2, 0) is 7.05 Å². The molecular formula is C6H5BrN2O3. The molecule has 6 heteroatoms. The van der Waals surface area contributed by atoms with Gasteiger partial charge in [0, 0.05) is 13.2 Å². The molecule has 1 aromatic rings. The zero-order chi connectivity index (χ0) is 9.30. The van der Waals surface area contributed by atoms with Crippen LogP contribution in [0.5, 0.6) is 0 Å². The zero-order valence-electron chi connectivity index (χ0n) is 6.15. The largest absolute Gasteiger partial charge is 0.350 e. The third-order valence-electron chi connectivity index (χ3n) is 1.29. The molecule has 0 bridgehead atoms. The van der Waals surface area contributed by atoms with Gasteiger partial charge in [-0.25, -0.2) is 0 Å². The van der Waals surface area contributed by atoms with E-state index in [1.807, 2.05) is 0 Å². The van der Waals surface area contributed by atoms with E-state index in [4.69, 9.17) is 0 Å². The van der Waals surface area contributed by atoms with Crippen LogP contribution in [0, 0.1) is 10.1 Å². The summed E-state index contributed by atoms with van der Waals surface area (Å²) in [5.74, 6) is 0. The number of nitrogens with zero attached hydrogens (tertiary/aromatic N) is 2. The molecule has 0 saturated carbocycles. The second-order valence-electron chi connectivity index (χ2n) is 2.24. The molecule has 0 N–H and O–H groups in total. The minimum absolute atomic E-state index is 0.194. The second kappa shape index (κ2) is 3.06. The first-order chi connectivity index (χ1) is 5.52. The van der Waals surface area contributed by atoms with Gasteiger partial charge in [-0.15, -0.1) is 0 Å². The lowest BCUT2D eigenvalue weighted by Gasteiger charge is -1.97. The maximum absolute atomic E-state index is 11.1. The number of halogens is 1. The van der Waals surface area contributed by atoms with Gasteiger partial charge in [0.2, 0.25) is 0 Å². The van der Waals surface area contributed by atoms with Crippen molar-refractivity contribution in [2.45, 2.75) is 0 Å². The summed E-state index contributed by atoms with van der Waals surface area (Å²) in [5, 5.41) is 10.3. The third kappa shape index (κ3) is 1.53. The Morgan fingerprint density at radius 1 is 1.58 bits per heavy atom. The van der Waals surface area contributed by atoms with E-state index in [-0.39, 0.29) is 4.47 Å². The summed E-state index contributed by atoms with van der Waals surface area (Å²) in [6, 6.07) is 0. The van der Waals surface area contributed by atoms with E-state index in [2.05, 4.69) is 15.9 Å². The average molecular weight is 233 g/mol. The first kappa shape index (κ1) is 8.92. The molecule has 0 amide bonds. The lowest BCUT2D eigenvalue weighted by atomic mass is 10.4. The van der Waals surface area contributed by atoms with Gasteiger partial charge in [-0.05, 0) is 15.9 Å². The van der Waals surface area contributed by atoms with Crippen molar-refractivity contribution in [2.75, 3.05) is 0 Å². The number of aryl methyl sites for hydroxylation is 1. The van der Waals surface area contributed by atoms with Crippen molar-refractivity contribution < 1.29 is 4.92 Å². The molecule has 0 aliphatic rings. The van der Waals surface area contributed by atoms with Crippen LogP contribution in [0.2, 0.25) is 0 Å². The van der Waals surface area contributed by atoms with Crippen LogP contribution in [0.4, 0.5) is 5.69 Å². The SMILES string of the molecule is Cn1cc(Br)c(=O)c([N+](=O)[O-])c1. The highest BCUT2D eigenvalue weighted by Crippen LogP contribution is 2.08. The summed E-state index contributed by atoms with van der Waals surface area (Å²) in [5.41, 5.74) is -1.02. The Kier molecular flexibility index (Phi) is 2.27. The molecule has 0 aromatic carbocycles. The van der Waals surface area contributed by atoms with Gasteiger partial charge in [0.15, 0.2) is 0 Å². The van der Waals surface area contributed by atoms with Crippen LogP contribution in [0.15, 0.2) is 21.7 Å². The Bertz CT molecular complexity index is 385. The molecule has 0 aliphatic heterocycles. The fraction of sp³-hybridized carbons (Fsp3) is 0.167. The van der Waals surface area contributed by atoms with Crippen LogP contribution in [0.1, 0.15) is 0 Å². The van der Waals surface area contributed by atoms with Gasteiger partial charge in [-0.2, -0.15) is 0 Å². The van der Waals surface area contributed by atoms with E-state index >= 15 is 0 Å². The summed E-state index contributed by atoms with van der Waals surface area (Å²) < 4.78 is 1.64. The van der Waals surface area contributed by atoms with E-state index in [9.17, 15) is 14.9 Å². The van der Waals surface area contributed by atoms with Crippen LogP contribution in [0.3, 0.4) is 0 Å². The standard InChI is InChI=1S/C6H5BrN2O3/c1-8-2-4(7)6(10)5(3-8)9(11)12/h2-3H,1H3. The van der Waals surface area contributed by atoms with Crippen LogP contribution in [0.25, 0.3) is 0 Å². The van der Waals surface area contributed by atoms with Crippen molar-refractivity contribution in [3.8, 4) is 0 Å². The fourth-order valence-electron chi connectivity index (χ4n) is 0.779. The second-order valence-corrected chi connectivity index (χ2v) is 3.10. The normalized spacial score (nSPS) is 9.83. The number of rotatable bonds is 1. The summed E-state index contributed by atoms with van der Waals surface area (Å²) >= 11 is 2.93. The van der Waals surface area contributed by atoms with E-state index in [0.29, 0.717) is 0 Å². The number of hydrogen-bond donors (Lipinski definition) is 0. The predicted molar refractivity (Wildman–Crippen MR) is 46.0 cm³/mol. The molecule has 0 fully saturated rings. The lowest BCUT2D eigenvalue weighted by Crippen LogP contribution is -2.11. The molecule has 0 aliphatic carbocycles. The van der Waals surface area contributed by atoms with Crippen LogP contribution >= 0.6 is 15.9 Å². The number of nitro groups is 1. The summed E-state index contributed by atoms with van der Waals surface area (Å²) in [6.07, 6.45) is 2.64. The van der Waals surface area contributed by atoms with Gasteiger partial charge < -0.3 is 4.57 Å². The molecule has 0 unspecified atom stereocenters. The summed E-state index contributed by atoms with van der Waals surface area (Å²) in [4.78, 5) is 20.7. The molecular weight excluding hydrogens is 228 g/mol. The van der Waals surface area contributed by atoms with Crippen molar-refractivity contribution in [1.82, 2.24) is 4.57 Å². The quantitative estimate of drug-likeness (QED) is 0.538. The Morgan fingerprint density at radius 2 is 2.17 bits per heavy atom. The number of hydrogen-bond acceptors (Lipinski definition) is 3. The Hall–Kier alpha value is -1.17. The van der Waals surface area contributed by atoms with Crippen LogP contribution < -0.4 is 5.43 Å². The monoisotopic (exact) mass is 232 g/mol. The molecule has 0 radical (unpaired) electrons. The highest BCUT2D eigenvalue weighted by atomic mass is 79.9. The highest BCUT2D eigenvalue weighted by Gasteiger charge is 2.14. The third-order valence-corrected chi connectivity index (χ3v) is 1.85. The van der Waals surface area contributed by atoms with E-state index in [0.717, 1.165) is 0 Å². The summed E-state index contributed by atoms with van der Waals surface area (Å²) in [7, 11) is 1.61. The molecule has 64 valence electrons. The first-order valence-corrected chi connectivity index (χ1v) is 3.82. The minimum atomic E-state index is -0.701. The van der Waals surface area contributed by atoms with E-state index < -0.39 is 16.0 Å². The Labute approximate surface area is 75.9 Å². The fourth-order valence-corrected chi connectivity index (χ4v) is 1.30. The van der Waals surface area contributed by atoms with Gasteiger partial charge in [-0.1, -0.05) is 0 Å². The molecule has 1 rings (SSSR count). The molecule has 1 aromatic heterocycles. The zero-order valence-corrected chi connectivity index (χ0v) is 7.74. The first-order valence-electron chi connectivity index (χ1n) is 3.02. The van der Waals surface area contributed by atoms with Crippen molar-refractivity contribution >= 4 is 21.6 Å². The number of aromatic nitrogens is 1.